The topological polar surface area (TPSA) is 40.7 Å². The third-order valence-corrected chi connectivity index (χ3v) is 5.96. The van der Waals surface area contributed by atoms with Crippen LogP contribution in [0.4, 0.5) is 0 Å². The second-order valence-electron chi connectivity index (χ2n) is 7.39. The van der Waals surface area contributed by atoms with Crippen molar-refractivity contribution < 1.29 is 0 Å². The minimum absolute atomic E-state index is 0. The van der Waals surface area contributed by atoms with E-state index < -0.39 is 0 Å². The maximum absolute atomic E-state index is 6.54. The van der Waals surface area contributed by atoms with Crippen molar-refractivity contribution in [1.82, 2.24) is 15.3 Å². The van der Waals surface area contributed by atoms with Crippen molar-refractivity contribution in [3.05, 3.63) is 53.3 Å². The molecule has 0 bridgehead atoms. The number of nitrogens with one attached hydrogen (secondary N) is 2. The number of rotatable bonds is 6. The molecule has 0 unspecified atom stereocenters. The lowest BCUT2D eigenvalue weighted by molar-refractivity contribution is 0.334. The zero-order chi connectivity index (χ0) is 17.8. The minimum Gasteiger partial charge on any atom is -0.345 e. The third kappa shape index (κ3) is 5.42. The lowest BCUT2D eigenvalue weighted by Gasteiger charge is -2.21. The minimum atomic E-state index is 0. The van der Waals surface area contributed by atoms with E-state index >= 15 is 0 Å². The first kappa shape index (κ1) is 23.0. The first-order valence-corrected chi connectivity index (χ1v) is 10.1. The number of fused-ring (bicyclic) bond motifs is 1. The molecule has 0 amide bonds. The van der Waals surface area contributed by atoms with Crippen molar-refractivity contribution in [2.75, 3.05) is 6.54 Å². The highest BCUT2D eigenvalue weighted by molar-refractivity contribution is 6.37. The van der Waals surface area contributed by atoms with Crippen LogP contribution < -0.4 is 5.32 Å². The predicted molar refractivity (Wildman–Crippen MR) is 124 cm³/mol. The molecule has 3 nitrogen and oxygen atoms in total. The van der Waals surface area contributed by atoms with E-state index in [1.165, 1.54) is 44.1 Å². The Hall–Kier alpha value is -1.26. The van der Waals surface area contributed by atoms with E-state index in [2.05, 4.69) is 45.6 Å². The normalized spacial score (nSPS) is 14.5. The van der Waals surface area contributed by atoms with Crippen LogP contribution in [0.5, 0.6) is 0 Å². The van der Waals surface area contributed by atoms with Crippen LogP contribution in [0.25, 0.3) is 22.2 Å². The second kappa shape index (κ2) is 11.1. The summed E-state index contributed by atoms with van der Waals surface area (Å²) in [5, 5.41) is 4.31. The zero-order valence-corrected chi connectivity index (χ0v) is 18.3. The van der Waals surface area contributed by atoms with E-state index in [-0.39, 0.29) is 24.8 Å². The standard InChI is InChI=1S/C22H26ClN3.2ClH/c23-21-19(10-11-20-22(21)26-15-25-20)18-8-6-17(7-9-18)14-24-13-12-16-4-2-1-3-5-16;;/h6-11,15-16,24H,1-5,12-14H2,(H,25,26);2*1H. The Balaban J connectivity index is 0.00000140. The van der Waals surface area contributed by atoms with Gasteiger partial charge in [-0.25, -0.2) is 4.98 Å². The number of benzene rings is 2. The summed E-state index contributed by atoms with van der Waals surface area (Å²) in [4.78, 5) is 7.41. The second-order valence-corrected chi connectivity index (χ2v) is 7.77. The molecule has 2 aromatic carbocycles. The highest BCUT2D eigenvalue weighted by Gasteiger charge is 2.12. The summed E-state index contributed by atoms with van der Waals surface area (Å²) in [5.74, 6) is 0.942. The van der Waals surface area contributed by atoms with E-state index in [0.717, 1.165) is 41.2 Å². The molecule has 1 heterocycles. The quantitative estimate of drug-likeness (QED) is 0.414. The fourth-order valence-corrected chi connectivity index (χ4v) is 4.34. The van der Waals surface area contributed by atoms with Gasteiger partial charge in [0.25, 0.3) is 0 Å². The molecule has 2 N–H and O–H groups in total. The van der Waals surface area contributed by atoms with Crippen molar-refractivity contribution in [2.45, 2.75) is 45.1 Å². The Morgan fingerprint density at radius 3 is 2.50 bits per heavy atom. The average Bonchev–Trinajstić information content (AvgIpc) is 3.17. The highest BCUT2D eigenvalue weighted by atomic mass is 35.5. The summed E-state index contributed by atoms with van der Waals surface area (Å²) in [6.45, 7) is 2.05. The van der Waals surface area contributed by atoms with Crippen LogP contribution in [0.15, 0.2) is 42.7 Å². The van der Waals surface area contributed by atoms with Crippen molar-refractivity contribution in [3.8, 4) is 11.1 Å². The molecular weight excluding hydrogens is 413 g/mol. The largest absolute Gasteiger partial charge is 0.345 e. The lowest BCUT2D eigenvalue weighted by atomic mass is 9.87. The van der Waals surface area contributed by atoms with E-state index in [0.29, 0.717) is 5.02 Å². The van der Waals surface area contributed by atoms with Gasteiger partial charge in [-0.1, -0.05) is 74.0 Å². The molecule has 1 saturated carbocycles. The molecule has 0 atom stereocenters. The van der Waals surface area contributed by atoms with Gasteiger partial charge >= 0.3 is 0 Å². The van der Waals surface area contributed by atoms with Crippen LogP contribution in [0.1, 0.15) is 44.1 Å². The van der Waals surface area contributed by atoms with Gasteiger partial charge in [0.1, 0.15) is 5.52 Å². The molecule has 6 heteroatoms. The number of hydrogen-bond donors (Lipinski definition) is 2. The van der Waals surface area contributed by atoms with Crippen LogP contribution in [0, 0.1) is 5.92 Å². The van der Waals surface area contributed by atoms with Gasteiger partial charge in [-0.05, 0) is 36.1 Å². The summed E-state index contributed by atoms with van der Waals surface area (Å²) >= 11 is 6.54. The van der Waals surface area contributed by atoms with Crippen LogP contribution in [-0.4, -0.2) is 16.5 Å². The van der Waals surface area contributed by atoms with Gasteiger partial charge in [-0.2, -0.15) is 0 Å². The summed E-state index contributed by atoms with van der Waals surface area (Å²) in [6, 6.07) is 12.8. The molecule has 1 aliphatic rings. The summed E-state index contributed by atoms with van der Waals surface area (Å²) in [5.41, 5.74) is 5.28. The van der Waals surface area contributed by atoms with Crippen LogP contribution in [-0.2, 0) is 6.54 Å². The van der Waals surface area contributed by atoms with Gasteiger partial charge < -0.3 is 10.3 Å². The third-order valence-electron chi connectivity index (χ3n) is 5.58. The van der Waals surface area contributed by atoms with Gasteiger partial charge in [-0.3, -0.25) is 0 Å². The Kier molecular flexibility index (Phi) is 9.10. The number of aromatic nitrogens is 2. The molecule has 152 valence electrons. The Bertz CT molecular complexity index is 855. The molecule has 1 aromatic heterocycles. The first-order valence-electron chi connectivity index (χ1n) is 9.73. The average molecular weight is 441 g/mol. The number of halogens is 3. The molecule has 4 rings (SSSR count). The fourth-order valence-electron chi connectivity index (χ4n) is 4.01. The predicted octanol–water partition coefficient (Wildman–Crippen LogP) is 6.79. The molecular formula is C22H28Cl3N3. The van der Waals surface area contributed by atoms with E-state index in [9.17, 15) is 0 Å². The molecule has 1 aliphatic carbocycles. The molecule has 0 spiro atoms. The molecule has 1 fully saturated rings. The smallest absolute Gasteiger partial charge is 0.107 e. The Morgan fingerprint density at radius 2 is 1.75 bits per heavy atom. The summed E-state index contributed by atoms with van der Waals surface area (Å²) in [6.07, 6.45) is 10.2. The molecule has 0 radical (unpaired) electrons. The molecule has 0 saturated heterocycles. The van der Waals surface area contributed by atoms with E-state index in [1.54, 1.807) is 6.33 Å². The number of aromatic amines is 1. The number of imidazole rings is 1. The summed E-state index contributed by atoms with van der Waals surface area (Å²) in [7, 11) is 0. The monoisotopic (exact) mass is 439 g/mol. The number of hydrogen-bond acceptors (Lipinski definition) is 2. The van der Waals surface area contributed by atoms with Crippen molar-refractivity contribution >= 4 is 47.4 Å². The fraction of sp³-hybridized carbons (Fsp3) is 0.409. The molecule has 0 aliphatic heterocycles. The first-order chi connectivity index (χ1) is 12.8. The van der Waals surface area contributed by atoms with E-state index in [4.69, 9.17) is 11.6 Å². The lowest BCUT2D eigenvalue weighted by Crippen LogP contribution is -2.19. The van der Waals surface area contributed by atoms with Crippen molar-refractivity contribution in [2.24, 2.45) is 5.92 Å². The van der Waals surface area contributed by atoms with Gasteiger partial charge in [0.05, 0.1) is 16.9 Å². The number of H-pyrrole nitrogens is 1. The van der Waals surface area contributed by atoms with Gasteiger partial charge in [0, 0.05) is 12.1 Å². The van der Waals surface area contributed by atoms with Gasteiger partial charge in [-0.15, -0.1) is 24.8 Å². The van der Waals surface area contributed by atoms with Gasteiger partial charge in [0.15, 0.2) is 0 Å². The van der Waals surface area contributed by atoms with Crippen LogP contribution in [0.3, 0.4) is 0 Å². The maximum atomic E-state index is 6.54. The van der Waals surface area contributed by atoms with Crippen LogP contribution >= 0.6 is 36.4 Å². The molecule has 28 heavy (non-hydrogen) atoms. The zero-order valence-electron chi connectivity index (χ0n) is 15.9. The number of nitrogens with zero attached hydrogens (tertiary/aromatic N) is 1. The van der Waals surface area contributed by atoms with E-state index in [1.807, 2.05) is 6.07 Å². The SMILES string of the molecule is Cl.Cl.Clc1c(-c2ccc(CNCCC3CCCCC3)cc2)ccc2[nH]cnc12. The Morgan fingerprint density at radius 1 is 1.00 bits per heavy atom. The Labute approximate surface area is 184 Å². The summed E-state index contributed by atoms with van der Waals surface area (Å²) < 4.78 is 0. The molecule has 3 aromatic rings. The highest BCUT2D eigenvalue weighted by Crippen LogP contribution is 2.33. The van der Waals surface area contributed by atoms with Crippen molar-refractivity contribution in [1.29, 1.82) is 0 Å². The van der Waals surface area contributed by atoms with Crippen molar-refractivity contribution in [3.63, 3.8) is 0 Å². The van der Waals surface area contributed by atoms with Crippen LogP contribution in [0.2, 0.25) is 5.02 Å². The maximum Gasteiger partial charge on any atom is 0.107 e. The van der Waals surface area contributed by atoms with Gasteiger partial charge in [0.2, 0.25) is 0 Å².